The van der Waals surface area contributed by atoms with Crippen molar-refractivity contribution in [1.82, 2.24) is 20.4 Å². The summed E-state index contributed by atoms with van der Waals surface area (Å²) in [5.74, 6) is -0.322. The molecule has 1 saturated heterocycles. The topological polar surface area (TPSA) is 104 Å². The Morgan fingerprint density at radius 1 is 1.29 bits per heavy atom. The third-order valence-corrected chi connectivity index (χ3v) is 3.76. The Bertz CT molecular complexity index is 531. The lowest BCUT2D eigenvalue weighted by molar-refractivity contribution is -0.131. The van der Waals surface area contributed by atoms with Crippen LogP contribution >= 0.6 is 0 Å². The number of nitrogen functional groups attached to an aromatic ring is 1. The average molecular weight is 293 g/mol. The van der Waals surface area contributed by atoms with Crippen LogP contribution < -0.4 is 11.1 Å². The van der Waals surface area contributed by atoms with Gasteiger partial charge >= 0.3 is 0 Å². The Labute approximate surface area is 124 Å². The molecule has 116 valence electrons. The van der Waals surface area contributed by atoms with E-state index in [1.807, 2.05) is 13.8 Å². The number of carbonyl (C=O) groups is 2. The van der Waals surface area contributed by atoms with Crippen molar-refractivity contribution >= 4 is 17.5 Å². The summed E-state index contributed by atoms with van der Waals surface area (Å²) in [4.78, 5) is 26.1. The van der Waals surface area contributed by atoms with E-state index < -0.39 is 11.9 Å². The molecule has 1 atom stereocenters. The lowest BCUT2D eigenvalue weighted by atomic mass is 10.1. The van der Waals surface area contributed by atoms with Gasteiger partial charge < -0.3 is 16.0 Å². The highest BCUT2D eigenvalue weighted by molar-refractivity contribution is 6.00. The number of H-pyrrole nitrogens is 1. The van der Waals surface area contributed by atoms with Crippen molar-refractivity contribution in [3.05, 3.63) is 11.4 Å². The lowest BCUT2D eigenvalue weighted by Gasteiger charge is -2.20. The zero-order valence-corrected chi connectivity index (χ0v) is 12.8. The molecular formula is C14H23N5O2. The number of nitrogens with zero attached hydrogens (tertiary/aromatic N) is 2. The van der Waals surface area contributed by atoms with E-state index >= 15 is 0 Å². The van der Waals surface area contributed by atoms with Gasteiger partial charge in [0.1, 0.15) is 6.04 Å². The first-order chi connectivity index (χ1) is 9.91. The molecular weight excluding hydrogens is 270 g/mol. The van der Waals surface area contributed by atoms with E-state index in [0.717, 1.165) is 31.6 Å². The van der Waals surface area contributed by atoms with Crippen LogP contribution in [0.2, 0.25) is 0 Å². The van der Waals surface area contributed by atoms with Gasteiger partial charge in [0.15, 0.2) is 5.69 Å². The number of aromatic nitrogens is 2. The number of rotatable bonds is 4. The summed E-state index contributed by atoms with van der Waals surface area (Å²) in [7, 11) is 0. The molecule has 0 aromatic carbocycles. The van der Waals surface area contributed by atoms with Crippen LogP contribution in [0, 0.1) is 0 Å². The lowest BCUT2D eigenvalue weighted by Crippen LogP contribution is -2.46. The van der Waals surface area contributed by atoms with Crippen LogP contribution in [-0.4, -0.2) is 46.0 Å². The number of nitrogens with one attached hydrogen (secondary N) is 2. The van der Waals surface area contributed by atoms with E-state index in [2.05, 4.69) is 15.5 Å². The van der Waals surface area contributed by atoms with Crippen molar-refractivity contribution < 1.29 is 9.59 Å². The minimum atomic E-state index is -0.575. The molecule has 0 spiro atoms. The van der Waals surface area contributed by atoms with Gasteiger partial charge in [0.2, 0.25) is 5.91 Å². The van der Waals surface area contributed by atoms with Crippen molar-refractivity contribution in [2.75, 3.05) is 18.8 Å². The quantitative estimate of drug-likeness (QED) is 0.765. The first kappa shape index (κ1) is 15.3. The van der Waals surface area contributed by atoms with Gasteiger partial charge in [-0.3, -0.25) is 14.7 Å². The van der Waals surface area contributed by atoms with Gasteiger partial charge in [-0.2, -0.15) is 5.10 Å². The molecule has 21 heavy (non-hydrogen) atoms. The molecule has 1 aromatic heterocycles. The monoisotopic (exact) mass is 293 g/mol. The Balaban J connectivity index is 2.02. The van der Waals surface area contributed by atoms with E-state index in [1.54, 1.807) is 11.8 Å². The Morgan fingerprint density at radius 3 is 2.43 bits per heavy atom. The van der Waals surface area contributed by atoms with Crippen LogP contribution in [0.3, 0.4) is 0 Å². The van der Waals surface area contributed by atoms with Gasteiger partial charge in [0.25, 0.3) is 5.91 Å². The average Bonchev–Trinajstić information content (AvgIpc) is 3.06. The van der Waals surface area contributed by atoms with Gasteiger partial charge in [-0.1, -0.05) is 13.8 Å². The maximum absolute atomic E-state index is 12.2. The molecule has 0 bridgehead atoms. The highest BCUT2D eigenvalue weighted by Gasteiger charge is 2.26. The van der Waals surface area contributed by atoms with E-state index in [1.165, 1.54) is 0 Å². The maximum Gasteiger partial charge on any atom is 0.274 e. The van der Waals surface area contributed by atoms with E-state index in [0.29, 0.717) is 5.69 Å². The molecule has 7 nitrogen and oxygen atoms in total. The fourth-order valence-corrected chi connectivity index (χ4v) is 2.52. The molecule has 0 radical (unpaired) electrons. The SMILES string of the molecule is CC(NC(=O)c1n[nH]c(C(C)C)c1N)C(=O)N1CCCC1. The van der Waals surface area contributed by atoms with Crippen molar-refractivity contribution in [1.29, 1.82) is 0 Å². The molecule has 7 heteroatoms. The van der Waals surface area contributed by atoms with Gasteiger partial charge in [-0.15, -0.1) is 0 Å². The van der Waals surface area contributed by atoms with E-state index in [9.17, 15) is 9.59 Å². The minimum Gasteiger partial charge on any atom is -0.395 e. The summed E-state index contributed by atoms with van der Waals surface area (Å²) >= 11 is 0. The van der Waals surface area contributed by atoms with Gasteiger partial charge in [-0.25, -0.2) is 0 Å². The van der Waals surface area contributed by atoms with Gasteiger partial charge in [0.05, 0.1) is 11.4 Å². The second-order valence-corrected chi connectivity index (χ2v) is 5.78. The first-order valence-electron chi connectivity index (χ1n) is 7.35. The Kier molecular flexibility index (Phi) is 4.50. The number of nitrogens with two attached hydrogens (primary N) is 1. The highest BCUT2D eigenvalue weighted by atomic mass is 16.2. The molecule has 0 saturated carbocycles. The molecule has 1 aliphatic rings. The molecule has 1 aromatic rings. The number of anilines is 1. The molecule has 0 aliphatic carbocycles. The van der Waals surface area contributed by atoms with Crippen molar-refractivity contribution in [3.63, 3.8) is 0 Å². The molecule has 2 heterocycles. The van der Waals surface area contributed by atoms with Crippen molar-refractivity contribution in [3.8, 4) is 0 Å². The van der Waals surface area contributed by atoms with Crippen LogP contribution in [0.4, 0.5) is 5.69 Å². The normalized spacial score (nSPS) is 16.3. The molecule has 2 amide bonds. The summed E-state index contributed by atoms with van der Waals surface area (Å²) in [6.07, 6.45) is 2.05. The smallest absolute Gasteiger partial charge is 0.274 e. The first-order valence-corrected chi connectivity index (χ1v) is 7.35. The minimum absolute atomic E-state index is 0.0564. The van der Waals surface area contributed by atoms with Crippen LogP contribution in [0.1, 0.15) is 55.7 Å². The standard InChI is InChI=1S/C14H23N5O2/c1-8(2)11-10(15)12(18-17-11)13(20)16-9(3)14(21)19-6-4-5-7-19/h8-9H,4-7,15H2,1-3H3,(H,16,20)(H,17,18). The van der Waals surface area contributed by atoms with E-state index in [4.69, 9.17) is 5.73 Å². The molecule has 1 unspecified atom stereocenters. The van der Waals surface area contributed by atoms with Crippen LogP contribution in [0.15, 0.2) is 0 Å². The van der Waals surface area contributed by atoms with Gasteiger partial charge in [0, 0.05) is 13.1 Å². The zero-order valence-electron chi connectivity index (χ0n) is 12.8. The largest absolute Gasteiger partial charge is 0.395 e. The third-order valence-electron chi connectivity index (χ3n) is 3.76. The fraction of sp³-hybridized carbons (Fsp3) is 0.643. The van der Waals surface area contributed by atoms with Crippen LogP contribution in [0.5, 0.6) is 0 Å². The predicted octanol–water partition coefficient (Wildman–Crippen LogP) is 0.856. The summed E-state index contributed by atoms with van der Waals surface area (Å²) in [5.41, 5.74) is 7.17. The number of amides is 2. The van der Waals surface area contributed by atoms with E-state index in [-0.39, 0.29) is 17.5 Å². The third kappa shape index (κ3) is 3.17. The molecule has 1 fully saturated rings. The summed E-state index contributed by atoms with van der Waals surface area (Å²) in [5, 5.41) is 9.41. The highest BCUT2D eigenvalue weighted by Crippen LogP contribution is 2.22. The predicted molar refractivity (Wildman–Crippen MR) is 79.8 cm³/mol. The molecule has 2 rings (SSSR count). The Morgan fingerprint density at radius 2 is 1.90 bits per heavy atom. The number of hydrogen-bond donors (Lipinski definition) is 3. The number of aromatic amines is 1. The summed E-state index contributed by atoms with van der Waals surface area (Å²) in [6.45, 7) is 7.14. The Hall–Kier alpha value is -2.05. The fourth-order valence-electron chi connectivity index (χ4n) is 2.52. The number of likely N-dealkylation sites (tertiary alicyclic amines) is 1. The number of carbonyl (C=O) groups excluding carboxylic acids is 2. The second-order valence-electron chi connectivity index (χ2n) is 5.78. The van der Waals surface area contributed by atoms with Crippen molar-refractivity contribution in [2.24, 2.45) is 0 Å². The van der Waals surface area contributed by atoms with Gasteiger partial charge in [-0.05, 0) is 25.7 Å². The van der Waals surface area contributed by atoms with Crippen LogP contribution in [-0.2, 0) is 4.79 Å². The number of hydrogen-bond acceptors (Lipinski definition) is 4. The summed E-state index contributed by atoms with van der Waals surface area (Å²) in [6, 6.07) is -0.575. The molecule has 1 aliphatic heterocycles. The summed E-state index contributed by atoms with van der Waals surface area (Å²) < 4.78 is 0. The zero-order chi connectivity index (χ0) is 15.6. The molecule has 4 N–H and O–H groups in total. The maximum atomic E-state index is 12.2. The second kappa shape index (κ2) is 6.15. The van der Waals surface area contributed by atoms with Crippen molar-refractivity contribution in [2.45, 2.75) is 45.6 Å². The van der Waals surface area contributed by atoms with Crippen LogP contribution in [0.25, 0.3) is 0 Å².